The Labute approximate surface area is 146 Å². The van der Waals surface area contributed by atoms with Crippen molar-refractivity contribution < 1.29 is 9.90 Å². The summed E-state index contributed by atoms with van der Waals surface area (Å²) in [6.45, 7) is 0. The summed E-state index contributed by atoms with van der Waals surface area (Å²) < 4.78 is 0. The summed E-state index contributed by atoms with van der Waals surface area (Å²) in [5.41, 5.74) is 8.26. The average molecular weight is 337 g/mol. The number of carboxylic acids is 1. The Kier molecular flexibility index (Phi) is 5.46. The zero-order valence-electron chi connectivity index (χ0n) is 14.1. The molecule has 0 fully saturated rings. The number of carboxylic acid groups (broad SMARTS) is 1. The molecule has 3 rings (SSSR count). The number of carbonyl (C=O) groups is 1. The molecule has 3 aromatic rings. The van der Waals surface area contributed by atoms with Crippen LogP contribution in [0, 0.1) is 0 Å². The monoisotopic (exact) mass is 337 g/mol. The van der Waals surface area contributed by atoms with Crippen LogP contribution in [-0.2, 0) is 4.79 Å². The third kappa shape index (κ3) is 4.45. The van der Waals surface area contributed by atoms with Gasteiger partial charge in [-0.15, -0.1) is 0 Å². The Balaban J connectivity index is 1.61. The molecule has 0 saturated heterocycles. The lowest BCUT2D eigenvalue weighted by atomic mass is 10.1. The molecule has 2 aromatic carbocycles. The lowest BCUT2D eigenvalue weighted by Gasteiger charge is -2.08. The van der Waals surface area contributed by atoms with Gasteiger partial charge < -0.3 is 15.8 Å². The third-order valence-corrected chi connectivity index (χ3v) is 4.41. The fraction of sp³-hybridized carbons (Fsp3) is 0.300. The molecule has 130 valence electrons. The van der Waals surface area contributed by atoms with Crippen molar-refractivity contribution in [2.24, 2.45) is 5.73 Å². The summed E-state index contributed by atoms with van der Waals surface area (Å²) in [7, 11) is 0. The Morgan fingerprint density at radius 1 is 1.12 bits per heavy atom. The smallest absolute Gasteiger partial charge is 0.303 e. The van der Waals surface area contributed by atoms with Crippen LogP contribution in [0.2, 0.25) is 0 Å². The Morgan fingerprint density at radius 3 is 2.72 bits per heavy atom. The normalized spacial score (nSPS) is 12.4. The topological polar surface area (TPSA) is 92.0 Å². The molecule has 0 saturated carbocycles. The van der Waals surface area contributed by atoms with Gasteiger partial charge in [0.25, 0.3) is 0 Å². The van der Waals surface area contributed by atoms with E-state index < -0.39 is 5.97 Å². The van der Waals surface area contributed by atoms with Crippen LogP contribution in [0.4, 0.5) is 0 Å². The quantitative estimate of drug-likeness (QED) is 0.535. The minimum absolute atomic E-state index is 0.154. The van der Waals surface area contributed by atoms with Crippen LogP contribution >= 0.6 is 0 Å². The predicted molar refractivity (Wildman–Crippen MR) is 99.2 cm³/mol. The highest BCUT2D eigenvalue weighted by Gasteiger charge is 2.11. The number of nitrogens with zero attached hydrogens (tertiary/aromatic N) is 1. The fourth-order valence-electron chi connectivity index (χ4n) is 2.98. The van der Waals surface area contributed by atoms with Gasteiger partial charge in [-0.05, 0) is 29.7 Å². The van der Waals surface area contributed by atoms with E-state index in [1.165, 1.54) is 10.8 Å². The molecule has 4 N–H and O–H groups in total. The molecule has 0 aliphatic carbocycles. The van der Waals surface area contributed by atoms with Crippen LogP contribution in [0.25, 0.3) is 22.0 Å². The molecule has 0 bridgehead atoms. The van der Waals surface area contributed by atoms with E-state index in [1.54, 1.807) is 0 Å². The van der Waals surface area contributed by atoms with Crippen molar-refractivity contribution in [3.63, 3.8) is 0 Å². The first-order valence-corrected chi connectivity index (χ1v) is 8.65. The van der Waals surface area contributed by atoms with Crippen LogP contribution in [-0.4, -0.2) is 21.0 Å². The van der Waals surface area contributed by atoms with Crippen LogP contribution in [0.15, 0.2) is 48.7 Å². The summed E-state index contributed by atoms with van der Waals surface area (Å²) >= 11 is 0. The van der Waals surface area contributed by atoms with Crippen LogP contribution in [0.1, 0.15) is 44.0 Å². The van der Waals surface area contributed by atoms with E-state index >= 15 is 0 Å². The largest absolute Gasteiger partial charge is 0.481 e. The van der Waals surface area contributed by atoms with E-state index in [4.69, 9.17) is 10.8 Å². The maximum absolute atomic E-state index is 10.5. The third-order valence-electron chi connectivity index (χ3n) is 4.41. The molecular formula is C20H23N3O2. The number of rotatable bonds is 8. The minimum Gasteiger partial charge on any atom is -0.481 e. The van der Waals surface area contributed by atoms with Crippen molar-refractivity contribution in [2.75, 3.05) is 0 Å². The SMILES string of the molecule is N[C@@H](CCCCCC(=O)O)c1ncc(-c2ccc3ccccc3c2)[nH]1. The zero-order valence-corrected chi connectivity index (χ0v) is 14.1. The number of aromatic amines is 1. The molecule has 0 spiro atoms. The molecule has 0 amide bonds. The summed E-state index contributed by atoms with van der Waals surface area (Å²) in [4.78, 5) is 18.2. The van der Waals surface area contributed by atoms with Crippen molar-refractivity contribution in [2.45, 2.75) is 38.1 Å². The molecule has 1 atom stereocenters. The molecule has 5 heteroatoms. The van der Waals surface area contributed by atoms with Crippen LogP contribution in [0.3, 0.4) is 0 Å². The van der Waals surface area contributed by atoms with Gasteiger partial charge in [-0.25, -0.2) is 4.98 Å². The molecule has 25 heavy (non-hydrogen) atoms. The highest BCUT2D eigenvalue weighted by molar-refractivity contribution is 5.86. The highest BCUT2D eigenvalue weighted by Crippen LogP contribution is 2.24. The summed E-state index contributed by atoms with van der Waals surface area (Å²) in [6, 6.07) is 14.4. The number of aliphatic carboxylic acids is 1. The van der Waals surface area contributed by atoms with Gasteiger partial charge in [-0.2, -0.15) is 0 Å². The van der Waals surface area contributed by atoms with Crippen molar-refractivity contribution in [1.29, 1.82) is 0 Å². The number of aromatic nitrogens is 2. The Morgan fingerprint density at radius 2 is 1.92 bits per heavy atom. The minimum atomic E-state index is -0.740. The number of benzene rings is 2. The number of fused-ring (bicyclic) bond motifs is 1. The van der Waals surface area contributed by atoms with E-state index in [9.17, 15) is 4.79 Å². The molecule has 5 nitrogen and oxygen atoms in total. The van der Waals surface area contributed by atoms with E-state index in [0.717, 1.165) is 36.3 Å². The number of nitrogens with one attached hydrogen (secondary N) is 1. The van der Waals surface area contributed by atoms with Crippen molar-refractivity contribution >= 4 is 16.7 Å². The number of unbranched alkanes of at least 4 members (excludes halogenated alkanes) is 2. The first-order valence-electron chi connectivity index (χ1n) is 8.65. The van der Waals surface area contributed by atoms with Crippen molar-refractivity contribution in [3.8, 4) is 11.3 Å². The average Bonchev–Trinajstić information content (AvgIpc) is 3.11. The van der Waals surface area contributed by atoms with E-state index in [-0.39, 0.29) is 12.5 Å². The number of hydrogen-bond acceptors (Lipinski definition) is 3. The second-order valence-corrected chi connectivity index (χ2v) is 6.34. The molecule has 0 radical (unpaired) electrons. The molecule has 1 heterocycles. The lowest BCUT2D eigenvalue weighted by molar-refractivity contribution is -0.137. The summed E-state index contributed by atoms with van der Waals surface area (Å²) in [5.74, 6) is 0.0387. The fourth-order valence-corrected chi connectivity index (χ4v) is 2.98. The van der Waals surface area contributed by atoms with Gasteiger partial charge >= 0.3 is 5.97 Å². The highest BCUT2D eigenvalue weighted by atomic mass is 16.4. The van der Waals surface area contributed by atoms with Gasteiger partial charge in [0.05, 0.1) is 17.9 Å². The van der Waals surface area contributed by atoms with E-state index in [2.05, 4.69) is 40.3 Å². The maximum atomic E-state index is 10.5. The van der Waals surface area contributed by atoms with Gasteiger partial charge in [-0.1, -0.05) is 49.2 Å². The molecule has 0 aliphatic heterocycles. The van der Waals surface area contributed by atoms with Crippen LogP contribution < -0.4 is 5.73 Å². The number of hydrogen-bond donors (Lipinski definition) is 3. The lowest BCUT2D eigenvalue weighted by Crippen LogP contribution is -2.12. The van der Waals surface area contributed by atoms with Gasteiger partial charge in [0.15, 0.2) is 0 Å². The number of imidazole rings is 1. The second-order valence-electron chi connectivity index (χ2n) is 6.34. The Hall–Kier alpha value is -2.66. The number of nitrogens with two attached hydrogens (primary N) is 1. The maximum Gasteiger partial charge on any atom is 0.303 e. The second kappa shape index (κ2) is 7.94. The van der Waals surface area contributed by atoms with E-state index in [0.29, 0.717) is 6.42 Å². The van der Waals surface area contributed by atoms with E-state index in [1.807, 2.05) is 18.3 Å². The molecule has 0 aliphatic rings. The van der Waals surface area contributed by atoms with Gasteiger partial charge in [-0.3, -0.25) is 4.79 Å². The molecule has 0 unspecified atom stereocenters. The molecular weight excluding hydrogens is 314 g/mol. The van der Waals surface area contributed by atoms with Gasteiger partial charge in [0, 0.05) is 12.0 Å². The van der Waals surface area contributed by atoms with Crippen LogP contribution in [0.5, 0.6) is 0 Å². The standard InChI is InChI=1S/C20H23N3O2/c21-17(8-2-1-3-9-19(24)25)20-22-13-18(23-20)16-11-10-14-6-4-5-7-15(14)12-16/h4-7,10-13,17H,1-3,8-9,21H2,(H,22,23)(H,24,25)/t17-/m0/s1. The summed E-state index contributed by atoms with van der Waals surface area (Å²) in [6.07, 6.45) is 5.32. The summed E-state index contributed by atoms with van der Waals surface area (Å²) in [5, 5.41) is 11.0. The van der Waals surface area contributed by atoms with Crippen molar-refractivity contribution in [1.82, 2.24) is 9.97 Å². The number of H-pyrrole nitrogens is 1. The van der Waals surface area contributed by atoms with Gasteiger partial charge in [0.1, 0.15) is 5.82 Å². The van der Waals surface area contributed by atoms with Crippen molar-refractivity contribution in [3.05, 3.63) is 54.5 Å². The zero-order chi connectivity index (χ0) is 17.6. The van der Waals surface area contributed by atoms with Gasteiger partial charge in [0.2, 0.25) is 0 Å². The molecule has 1 aromatic heterocycles. The first-order chi connectivity index (χ1) is 12.1. The first kappa shape index (κ1) is 17.2. The predicted octanol–water partition coefficient (Wildman–Crippen LogP) is 4.26. The Bertz CT molecular complexity index is 857.